The number of hydrogen-bond acceptors (Lipinski definition) is 2. The van der Waals surface area contributed by atoms with Gasteiger partial charge in [0.05, 0.1) is 11.8 Å². The lowest BCUT2D eigenvalue weighted by molar-refractivity contribution is 0.160. The molecule has 0 saturated heterocycles. The summed E-state index contributed by atoms with van der Waals surface area (Å²) in [5.41, 5.74) is 0.793. The van der Waals surface area contributed by atoms with Gasteiger partial charge >= 0.3 is 0 Å². The highest BCUT2D eigenvalue weighted by molar-refractivity contribution is 9.10. The molecular weight excluding hydrogens is 302 g/mol. The summed E-state index contributed by atoms with van der Waals surface area (Å²) in [7, 11) is 0. The first-order chi connectivity index (χ1) is 9.22. The molecule has 0 aliphatic rings. The van der Waals surface area contributed by atoms with Gasteiger partial charge in [-0.3, -0.25) is 0 Å². The molecule has 0 fully saturated rings. The van der Waals surface area contributed by atoms with Crippen molar-refractivity contribution in [1.29, 1.82) is 0 Å². The van der Waals surface area contributed by atoms with Gasteiger partial charge in [-0.25, -0.2) is 4.98 Å². The third-order valence-electron chi connectivity index (χ3n) is 3.39. The number of halogens is 1. The zero-order chi connectivity index (χ0) is 13.7. The van der Waals surface area contributed by atoms with E-state index in [9.17, 15) is 5.11 Å². The first kappa shape index (κ1) is 14.5. The number of unbranched alkanes of at least 4 members (excludes halogenated alkanes) is 3. The highest BCUT2D eigenvalue weighted by atomic mass is 79.9. The normalized spacial score (nSPS) is 12.8. The molecule has 0 aliphatic heterocycles. The molecule has 1 unspecified atom stereocenters. The predicted molar refractivity (Wildman–Crippen MR) is 83.2 cm³/mol. The van der Waals surface area contributed by atoms with E-state index in [1.807, 2.05) is 24.3 Å². The van der Waals surface area contributed by atoms with Crippen molar-refractivity contribution in [1.82, 2.24) is 4.98 Å². The van der Waals surface area contributed by atoms with Gasteiger partial charge in [0.15, 0.2) is 0 Å². The number of nitrogens with zero attached hydrogens (tertiary/aromatic N) is 1. The van der Waals surface area contributed by atoms with E-state index in [2.05, 4.69) is 33.9 Å². The summed E-state index contributed by atoms with van der Waals surface area (Å²) in [5, 5.41) is 12.5. The molecule has 1 aromatic heterocycles. The fourth-order valence-electron chi connectivity index (χ4n) is 2.35. The van der Waals surface area contributed by atoms with E-state index < -0.39 is 6.10 Å². The van der Waals surface area contributed by atoms with E-state index >= 15 is 0 Å². The van der Waals surface area contributed by atoms with E-state index in [-0.39, 0.29) is 0 Å². The Morgan fingerprint density at radius 1 is 1.21 bits per heavy atom. The summed E-state index contributed by atoms with van der Waals surface area (Å²) < 4.78 is 0.786. The molecule has 0 saturated carbocycles. The second-order valence-corrected chi connectivity index (χ2v) is 5.73. The first-order valence-electron chi connectivity index (χ1n) is 6.95. The standard InChI is InChI=1S/C16H20BrNO/c1-2-3-4-5-10-14(19)16-13-9-7-6-8-12(13)11-15(17)18-16/h6-9,11,14,19H,2-5,10H2,1H3. The van der Waals surface area contributed by atoms with E-state index in [1.165, 1.54) is 19.3 Å². The maximum absolute atomic E-state index is 10.4. The SMILES string of the molecule is CCCCCCC(O)c1nc(Br)cc2ccccc12. The summed E-state index contributed by atoms with van der Waals surface area (Å²) in [6, 6.07) is 10.1. The number of benzene rings is 1. The minimum Gasteiger partial charge on any atom is -0.387 e. The van der Waals surface area contributed by atoms with Gasteiger partial charge in [-0.2, -0.15) is 0 Å². The largest absolute Gasteiger partial charge is 0.387 e. The van der Waals surface area contributed by atoms with Gasteiger partial charge in [0.25, 0.3) is 0 Å². The summed E-state index contributed by atoms with van der Waals surface area (Å²) in [6.07, 6.45) is 5.00. The smallest absolute Gasteiger partial charge is 0.107 e. The second kappa shape index (κ2) is 7.01. The summed E-state index contributed by atoms with van der Waals surface area (Å²) in [4.78, 5) is 4.47. The average molecular weight is 322 g/mol. The lowest BCUT2D eigenvalue weighted by Crippen LogP contribution is -2.02. The van der Waals surface area contributed by atoms with Gasteiger partial charge in [0, 0.05) is 5.39 Å². The molecule has 0 amide bonds. The number of fused-ring (bicyclic) bond motifs is 1. The second-order valence-electron chi connectivity index (χ2n) is 4.92. The number of aliphatic hydroxyl groups is 1. The molecule has 3 heteroatoms. The summed E-state index contributed by atoms with van der Waals surface area (Å²) in [6.45, 7) is 2.19. The van der Waals surface area contributed by atoms with Crippen LogP contribution in [0.4, 0.5) is 0 Å². The third-order valence-corrected chi connectivity index (χ3v) is 3.79. The summed E-state index contributed by atoms with van der Waals surface area (Å²) in [5.74, 6) is 0. The molecule has 0 aliphatic carbocycles. The van der Waals surface area contributed by atoms with Gasteiger partial charge in [-0.1, -0.05) is 56.9 Å². The molecule has 102 valence electrons. The number of rotatable bonds is 6. The van der Waals surface area contributed by atoms with Crippen LogP contribution in [0.25, 0.3) is 10.8 Å². The third kappa shape index (κ3) is 3.77. The molecule has 1 aromatic carbocycles. The molecule has 2 nitrogen and oxygen atoms in total. The molecule has 19 heavy (non-hydrogen) atoms. The van der Waals surface area contributed by atoms with Crippen molar-refractivity contribution in [2.24, 2.45) is 0 Å². The minimum absolute atomic E-state index is 0.473. The predicted octanol–water partition coefficient (Wildman–Crippen LogP) is 5.00. The van der Waals surface area contributed by atoms with Gasteiger partial charge in [-0.05, 0) is 33.8 Å². The zero-order valence-electron chi connectivity index (χ0n) is 11.3. The highest BCUT2D eigenvalue weighted by Crippen LogP contribution is 2.28. The average Bonchev–Trinajstić information content (AvgIpc) is 2.42. The van der Waals surface area contributed by atoms with Crippen LogP contribution in [-0.2, 0) is 0 Å². The molecule has 0 spiro atoms. The number of aromatic nitrogens is 1. The van der Waals surface area contributed by atoms with Crippen LogP contribution in [0.3, 0.4) is 0 Å². The topological polar surface area (TPSA) is 33.1 Å². The van der Waals surface area contributed by atoms with Gasteiger partial charge in [-0.15, -0.1) is 0 Å². The Morgan fingerprint density at radius 3 is 2.79 bits per heavy atom. The maximum Gasteiger partial charge on any atom is 0.107 e. The Morgan fingerprint density at radius 2 is 2.00 bits per heavy atom. The Hall–Kier alpha value is -0.930. The van der Waals surface area contributed by atoms with E-state index in [0.29, 0.717) is 0 Å². The van der Waals surface area contributed by atoms with Gasteiger partial charge < -0.3 is 5.11 Å². The van der Waals surface area contributed by atoms with Crippen LogP contribution in [0, 0.1) is 0 Å². The Labute approximate surface area is 123 Å². The number of hydrogen-bond donors (Lipinski definition) is 1. The quantitative estimate of drug-likeness (QED) is 0.599. The highest BCUT2D eigenvalue weighted by Gasteiger charge is 2.13. The van der Waals surface area contributed by atoms with Crippen molar-refractivity contribution in [3.8, 4) is 0 Å². The Kier molecular flexibility index (Phi) is 5.34. The molecule has 0 radical (unpaired) electrons. The van der Waals surface area contributed by atoms with E-state index in [1.54, 1.807) is 0 Å². The molecule has 2 aromatic rings. The number of aliphatic hydroxyl groups excluding tert-OH is 1. The summed E-state index contributed by atoms with van der Waals surface area (Å²) >= 11 is 3.42. The van der Waals surface area contributed by atoms with E-state index in [4.69, 9.17) is 0 Å². The molecule has 1 heterocycles. The van der Waals surface area contributed by atoms with Crippen molar-refractivity contribution in [2.75, 3.05) is 0 Å². The van der Waals surface area contributed by atoms with E-state index in [0.717, 1.165) is 33.9 Å². The monoisotopic (exact) mass is 321 g/mol. The molecule has 1 atom stereocenters. The van der Waals surface area contributed by atoms with Crippen LogP contribution >= 0.6 is 15.9 Å². The van der Waals surface area contributed by atoms with Crippen molar-refractivity contribution in [3.05, 3.63) is 40.6 Å². The van der Waals surface area contributed by atoms with Crippen LogP contribution in [0.1, 0.15) is 50.8 Å². The van der Waals surface area contributed by atoms with Crippen LogP contribution < -0.4 is 0 Å². The van der Waals surface area contributed by atoms with Gasteiger partial charge in [0.2, 0.25) is 0 Å². The van der Waals surface area contributed by atoms with Crippen molar-refractivity contribution in [3.63, 3.8) is 0 Å². The van der Waals surface area contributed by atoms with Crippen LogP contribution in [-0.4, -0.2) is 10.1 Å². The van der Waals surface area contributed by atoms with Crippen LogP contribution in [0.15, 0.2) is 34.9 Å². The lowest BCUT2D eigenvalue weighted by Gasteiger charge is -2.13. The fraction of sp³-hybridized carbons (Fsp3) is 0.438. The molecule has 0 bridgehead atoms. The Bertz CT molecular complexity index is 541. The Balaban J connectivity index is 2.18. The minimum atomic E-state index is -0.473. The van der Waals surface area contributed by atoms with Crippen molar-refractivity contribution < 1.29 is 5.11 Å². The first-order valence-corrected chi connectivity index (χ1v) is 7.75. The lowest BCUT2D eigenvalue weighted by atomic mass is 10.0. The zero-order valence-corrected chi connectivity index (χ0v) is 12.9. The maximum atomic E-state index is 10.4. The van der Waals surface area contributed by atoms with Crippen LogP contribution in [0.2, 0.25) is 0 Å². The van der Waals surface area contributed by atoms with Crippen molar-refractivity contribution >= 4 is 26.7 Å². The number of pyridine rings is 1. The fourth-order valence-corrected chi connectivity index (χ4v) is 2.78. The van der Waals surface area contributed by atoms with Crippen LogP contribution in [0.5, 0.6) is 0 Å². The molecular formula is C16H20BrNO. The van der Waals surface area contributed by atoms with Crippen molar-refractivity contribution in [2.45, 2.75) is 45.1 Å². The molecule has 1 N–H and O–H groups in total. The van der Waals surface area contributed by atoms with Gasteiger partial charge in [0.1, 0.15) is 4.60 Å². The molecule has 2 rings (SSSR count).